The number of pyridine rings is 1. The normalized spacial score (nSPS) is 16.2. The number of carbonyl (C=O) groups excluding carboxylic acids is 2. The molecule has 10 nitrogen and oxygen atoms in total. The van der Waals surface area contributed by atoms with Gasteiger partial charge in [-0.2, -0.15) is 0 Å². The number of aryl methyl sites for hydroxylation is 1. The first kappa shape index (κ1) is 23.8. The van der Waals surface area contributed by atoms with Gasteiger partial charge < -0.3 is 15.5 Å². The Morgan fingerprint density at radius 2 is 1.81 bits per heavy atom. The number of H-pyrrole nitrogens is 1. The Kier molecular flexibility index (Phi) is 6.58. The number of hydrogen-bond donors (Lipinski definition) is 3. The smallest absolute Gasteiger partial charge is 0.329 e. The van der Waals surface area contributed by atoms with Crippen LogP contribution >= 0.6 is 0 Å². The quantitative estimate of drug-likeness (QED) is 0.489. The van der Waals surface area contributed by atoms with Crippen LogP contribution in [0.4, 0.5) is 10.5 Å². The third kappa shape index (κ3) is 4.89. The van der Waals surface area contributed by atoms with Crippen LogP contribution in [-0.4, -0.2) is 50.5 Å². The number of urea groups is 1. The maximum Gasteiger partial charge on any atom is 0.329 e. The summed E-state index contributed by atoms with van der Waals surface area (Å²) in [4.78, 5) is 60.0. The summed E-state index contributed by atoms with van der Waals surface area (Å²) in [6, 6.07) is 10.7. The third-order valence-corrected chi connectivity index (χ3v) is 6.80. The molecule has 10 heteroatoms. The van der Waals surface area contributed by atoms with Crippen molar-refractivity contribution in [1.29, 1.82) is 0 Å². The fourth-order valence-electron chi connectivity index (χ4n) is 4.71. The van der Waals surface area contributed by atoms with E-state index in [2.05, 4.69) is 20.6 Å². The zero-order chi connectivity index (χ0) is 25.2. The zero-order valence-electron chi connectivity index (χ0n) is 20.3. The molecule has 5 rings (SSSR count). The van der Waals surface area contributed by atoms with Crippen LogP contribution in [0.3, 0.4) is 0 Å². The van der Waals surface area contributed by atoms with E-state index >= 15 is 0 Å². The van der Waals surface area contributed by atoms with E-state index in [1.165, 1.54) is 4.57 Å². The second kappa shape index (κ2) is 9.96. The second-order valence-corrected chi connectivity index (χ2v) is 9.51. The number of fused-ring (bicyclic) bond motifs is 1. The first-order valence-corrected chi connectivity index (χ1v) is 12.5. The van der Waals surface area contributed by atoms with Crippen LogP contribution < -0.4 is 21.9 Å². The molecular formula is C26H30N6O4. The predicted molar refractivity (Wildman–Crippen MR) is 136 cm³/mol. The average molecular weight is 491 g/mol. The van der Waals surface area contributed by atoms with Crippen molar-refractivity contribution in [3.63, 3.8) is 0 Å². The fraction of sp³-hybridized carbons (Fsp3) is 0.423. The number of nitrogens with one attached hydrogen (secondary N) is 3. The van der Waals surface area contributed by atoms with Crippen molar-refractivity contribution < 1.29 is 9.59 Å². The maximum absolute atomic E-state index is 13.4. The van der Waals surface area contributed by atoms with Crippen LogP contribution in [0.2, 0.25) is 0 Å². The van der Waals surface area contributed by atoms with Crippen LogP contribution in [0.15, 0.2) is 46.0 Å². The molecule has 1 aliphatic heterocycles. The van der Waals surface area contributed by atoms with E-state index in [4.69, 9.17) is 0 Å². The SMILES string of the molecule is CCCn1c(=O)[nH]c(=O)c2c(C(=O)NC3CCN(C(=O)Nc4ccccc4)CC3)cc(C3CC3)nc21. The van der Waals surface area contributed by atoms with Crippen LogP contribution in [0.5, 0.6) is 0 Å². The van der Waals surface area contributed by atoms with E-state index in [0.29, 0.717) is 38.9 Å². The minimum absolute atomic E-state index is 0.133. The van der Waals surface area contributed by atoms with Crippen LogP contribution in [-0.2, 0) is 6.54 Å². The van der Waals surface area contributed by atoms with Crippen molar-refractivity contribution in [2.45, 2.75) is 57.5 Å². The molecule has 1 aromatic carbocycles. The molecule has 1 aliphatic carbocycles. The van der Waals surface area contributed by atoms with E-state index in [1.807, 2.05) is 37.3 Å². The second-order valence-electron chi connectivity index (χ2n) is 9.51. The largest absolute Gasteiger partial charge is 0.349 e. The van der Waals surface area contributed by atoms with Gasteiger partial charge in [-0.05, 0) is 50.3 Å². The fourth-order valence-corrected chi connectivity index (χ4v) is 4.71. The number of aromatic amines is 1. The molecule has 0 radical (unpaired) electrons. The first-order chi connectivity index (χ1) is 17.4. The number of nitrogens with zero attached hydrogens (tertiary/aromatic N) is 3. The highest BCUT2D eigenvalue weighted by atomic mass is 16.2. The molecule has 3 amide bonds. The van der Waals surface area contributed by atoms with Gasteiger partial charge in [0, 0.05) is 43.0 Å². The molecule has 2 aliphatic rings. The number of rotatable bonds is 6. The van der Waals surface area contributed by atoms with E-state index in [1.54, 1.807) is 11.0 Å². The highest BCUT2D eigenvalue weighted by Crippen LogP contribution is 2.40. The van der Waals surface area contributed by atoms with Crippen molar-refractivity contribution in [3.8, 4) is 0 Å². The first-order valence-electron chi connectivity index (χ1n) is 12.5. The number of amides is 3. The Hall–Kier alpha value is -3.95. The van der Waals surface area contributed by atoms with E-state index in [-0.39, 0.29) is 40.5 Å². The minimum atomic E-state index is -0.602. The number of hydrogen-bond acceptors (Lipinski definition) is 5. The Labute approximate surface area is 207 Å². The standard InChI is InChI=1S/C26H30N6O4/c1-2-12-32-22-21(24(34)30-26(32)36)19(15-20(29-22)16-8-9-16)23(33)27-18-10-13-31(14-11-18)25(35)28-17-6-4-3-5-7-17/h3-7,15-16,18H,2,8-14H2,1H3,(H,27,33)(H,28,35)(H,30,34,36). The summed E-state index contributed by atoms with van der Waals surface area (Å²) in [5.74, 6) is -0.111. The van der Waals surface area contributed by atoms with Gasteiger partial charge in [-0.25, -0.2) is 14.6 Å². The van der Waals surface area contributed by atoms with Crippen molar-refractivity contribution in [2.75, 3.05) is 18.4 Å². The molecule has 188 valence electrons. The number of para-hydroxylation sites is 1. The van der Waals surface area contributed by atoms with Gasteiger partial charge in [-0.15, -0.1) is 0 Å². The molecule has 3 N–H and O–H groups in total. The van der Waals surface area contributed by atoms with Gasteiger partial charge in [0.15, 0.2) is 5.65 Å². The lowest BCUT2D eigenvalue weighted by Gasteiger charge is -2.32. The van der Waals surface area contributed by atoms with Crippen LogP contribution in [0.1, 0.15) is 61.0 Å². The van der Waals surface area contributed by atoms with Crippen molar-refractivity contribution in [2.24, 2.45) is 0 Å². The Balaban J connectivity index is 1.34. The molecule has 0 atom stereocenters. The summed E-state index contributed by atoms with van der Waals surface area (Å²) in [6.07, 6.45) is 3.84. The summed E-state index contributed by atoms with van der Waals surface area (Å²) in [7, 11) is 0. The monoisotopic (exact) mass is 490 g/mol. The summed E-state index contributed by atoms with van der Waals surface area (Å²) in [5.41, 5.74) is 0.887. The molecular weight excluding hydrogens is 460 g/mol. The van der Waals surface area contributed by atoms with Crippen molar-refractivity contribution >= 4 is 28.7 Å². The van der Waals surface area contributed by atoms with Gasteiger partial charge in [0.2, 0.25) is 0 Å². The Morgan fingerprint density at radius 1 is 1.08 bits per heavy atom. The summed E-state index contributed by atoms with van der Waals surface area (Å²) in [5, 5.41) is 6.08. The lowest BCUT2D eigenvalue weighted by molar-refractivity contribution is 0.0920. The molecule has 2 aromatic heterocycles. The van der Waals surface area contributed by atoms with Gasteiger partial charge in [-0.3, -0.25) is 19.1 Å². The topological polar surface area (TPSA) is 129 Å². The van der Waals surface area contributed by atoms with Crippen LogP contribution in [0.25, 0.3) is 11.0 Å². The maximum atomic E-state index is 13.4. The van der Waals surface area contributed by atoms with Gasteiger partial charge in [-0.1, -0.05) is 25.1 Å². The van der Waals surface area contributed by atoms with Crippen molar-refractivity contribution in [3.05, 3.63) is 68.5 Å². The van der Waals surface area contributed by atoms with Gasteiger partial charge in [0.25, 0.3) is 11.5 Å². The average Bonchev–Trinajstić information content (AvgIpc) is 3.72. The number of anilines is 1. The molecule has 36 heavy (non-hydrogen) atoms. The molecule has 1 saturated carbocycles. The molecule has 2 fully saturated rings. The number of piperidine rings is 1. The highest BCUT2D eigenvalue weighted by molar-refractivity contribution is 6.05. The van der Waals surface area contributed by atoms with Crippen LogP contribution in [0, 0.1) is 0 Å². The predicted octanol–water partition coefficient (Wildman–Crippen LogP) is 2.80. The molecule has 3 heterocycles. The van der Waals surface area contributed by atoms with E-state index < -0.39 is 11.2 Å². The number of aromatic nitrogens is 3. The lowest BCUT2D eigenvalue weighted by atomic mass is 10.0. The highest BCUT2D eigenvalue weighted by Gasteiger charge is 2.30. The molecule has 0 spiro atoms. The molecule has 0 bridgehead atoms. The zero-order valence-corrected chi connectivity index (χ0v) is 20.3. The summed E-state index contributed by atoms with van der Waals surface area (Å²) >= 11 is 0. The number of benzene rings is 1. The molecule has 0 unspecified atom stereocenters. The number of carbonyl (C=O) groups is 2. The minimum Gasteiger partial charge on any atom is -0.349 e. The Bertz CT molecular complexity index is 1400. The van der Waals surface area contributed by atoms with E-state index in [9.17, 15) is 19.2 Å². The van der Waals surface area contributed by atoms with Gasteiger partial charge in [0.1, 0.15) is 0 Å². The molecule has 1 saturated heterocycles. The summed E-state index contributed by atoms with van der Waals surface area (Å²) < 4.78 is 1.45. The molecule has 3 aromatic rings. The van der Waals surface area contributed by atoms with E-state index in [0.717, 1.165) is 24.2 Å². The summed E-state index contributed by atoms with van der Waals surface area (Å²) in [6.45, 7) is 3.35. The number of likely N-dealkylation sites (tertiary alicyclic amines) is 1. The van der Waals surface area contributed by atoms with Gasteiger partial charge in [0.05, 0.1) is 10.9 Å². The lowest BCUT2D eigenvalue weighted by Crippen LogP contribution is -2.48. The Morgan fingerprint density at radius 3 is 2.47 bits per heavy atom. The third-order valence-electron chi connectivity index (χ3n) is 6.80. The van der Waals surface area contributed by atoms with Gasteiger partial charge >= 0.3 is 11.7 Å². The van der Waals surface area contributed by atoms with Crippen molar-refractivity contribution in [1.82, 2.24) is 24.8 Å².